The highest BCUT2D eigenvalue weighted by molar-refractivity contribution is 4.73. The molecule has 0 saturated carbocycles. The summed E-state index contributed by atoms with van der Waals surface area (Å²) in [6.45, 7) is 10.9. The van der Waals surface area contributed by atoms with Gasteiger partial charge < -0.3 is 0 Å². The molecule has 0 aromatic carbocycles. The van der Waals surface area contributed by atoms with E-state index in [2.05, 4.69) is 27.7 Å². The fourth-order valence-corrected chi connectivity index (χ4v) is 1.46. The van der Waals surface area contributed by atoms with Gasteiger partial charge in [0.05, 0.1) is 0 Å². The van der Waals surface area contributed by atoms with Crippen LogP contribution in [0.2, 0.25) is 0 Å². The maximum Gasteiger partial charge on any atom is -0.0328 e. The van der Waals surface area contributed by atoms with Crippen LogP contribution in [0.5, 0.6) is 0 Å². The van der Waals surface area contributed by atoms with Gasteiger partial charge in [-0.25, -0.2) is 0 Å². The Labute approximate surface area is 78.8 Å². The maximum atomic E-state index is 4.03. The molecule has 0 heteroatoms. The van der Waals surface area contributed by atoms with E-state index in [0.29, 0.717) is 5.41 Å². The summed E-state index contributed by atoms with van der Waals surface area (Å²) >= 11 is 0. The van der Waals surface area contributed by atoms with E-state index in [-0.39, 0.29) is 0 Å². The summed E-state index contributed by atoms with van der Waals surface area (Å²) in [5, 5.41) is 0. The first-order valence-electron chi connectivity index (χ1n) is 5.47. The van der Waals surface area contributed by atoms with Crippen molar-refractivity contribution >= 4 is 0 Å². The van der Waals surface area contributed by atoms with Gasteiger partial charge >= 0.3 is 0 Å². The zero-order valence-electron chi connectivity index (χ0n) is 9.16. The highest BCUT2D eigenvalue weighted by atomic mass is 14.2. The molecule has 1 unspecified atom stereocenters. The van der Waals surface area contributed by atoms with Crippen molar-refractivity contribution in [3.05, 3.63) is 6.92 Å². The standard InChI is InChI=1S/C12H25/c1-5-8-9-10-11-12(4,6-2)7-3/h2,5-11H2,1,3-4H3. The molecule has 73 valence electrons. The fraction of sp³-hybridized carbons (Fsp3) is 0.917. The summed E-state index contributed by atoms with van der Waals surface area (Å²) in [6, 6.07) is 0. The Kier molecular flexibility index (Phi) is 6.51. The van der Waals surface area contributed by atoms with Crippen LogP contribution in [-0.4, -0.2) is 0 Å². The van der Waals surface area contributed by atoms with E-state index < -0.39 is 0 Å². The van der Waals surface area contributed by atoms with Crippen molar-refractivity contribution in [2.45, 2.75) is 65.7 Å². The molecule has 0 bridgehead atoms. The van der Waals surface area contributed by atoms with Crippen LogP contribution < -0.4 is 0 Å². The lowest BCUT2D eigenvalue weighted by molar-refractivity contribution is 0.275. The molecule has 0 saturated heterocycles. The number of hydrogen-bond donors (Lipinski definition) is 0. The van der Waals surface area contributed by atoms with Crippen LogP contribution in [0.25, 0.3) is 0 Å². The van der Waals surface area contributed by atoms with Crippen LogP contribution in [0, 0.1) is 12.3 Å². The van der Waals surface area contributed by atoms with E-state index >= 15 is 0 Å². The molecule has 0 fully saturated rings. The van der Waals surface area contributed by atoms with Crippen molar-refractivity contribution in [2.24, 2.45) is 5.41 Å². The van der Waals surface area contributed by atoms with Gasteiger partial charge in [-0.1, -0.05) is 59.8 Å². The normalized spacial score (nSPS) is 12.0. The van der Waals surface area contributed by atoms with Gasteiger partial charge in [0.2, 0.25) is 0 Å². The smallest absolute Gasteiger partial charge is 0.0328 e. The largest absolute Gasteiger partial charge is 0.0654 e. The summed E-state index contributed by atoms with van der Waals surface area (Å²) in [6.07, 6.45) is 9.29. The van der Waals surface area contributed by atoms with Crippen molar-refractivity contribution in [2.75, 3.05) is 0 Å². The molecule has 0 aliphatic carbocycles. The third-order valence-corrected chi connectivity index (χ3v) is 3.09. The number of hydrogen-bond acceptors (Lipinski definition) is 0. The summed E-state index contributed by atoms with van der Waals surface area (Å²) in [5.74, 6) is 0. The Hall–Kier alpha value is 0. The second-order valence-corrected chi connectivity index (χ2v) is 4.22. The summed E-state index contributed by atoms with van der Waals surface area (Å²) in [4.78, 5) is 0. The van der Waals surface area contributed by atoms with E-state index in [1.807, 2.05) is 0 Å². The Morgan fingerprint density at radius 1 is 1.08 bits per heavy atom. The lowest BCUT2D eigenvalue weighted by Crippen LogP contribution is -2.13. The summed E-state index contributed by atoms with van der Waals surface area (Å²) < 4.78 is 0. The van der Waals surface area contributed by atoms with Crippen molar-refractivity contribution in [1.82, 2.24) is 0 Å². The van der Waals surface area contributed by atoms with E-state index in [9.17, 15) is 0 Å². The van der Waals surface area contributed by atoms with Gasteiger partial charge in [0.15, 0.2) is 0 Å². The third-order valence-electron chi connectivity index (χ3n) is 3.09. The van der Waals surface area contributed by atoms with E-state index in [1.165, 1.54) is 38.5 Å². The topological polar surface area (TPSA) is 0 Å². The molecule has 0 spiro atoms. The maximum absolute atomic E-state index is 4.03. The molecule has 0 aromatic rings. The Morgan fingerprint density at radius 3 is 2.17 bits per heavy atom. The second kappa shape index (κ2) is 6.51. The molecule has 0 rings (SSSR count). The SMILES string of the molecule is [CH2]CC(C)(CC)CCCCCC. The Bertz CT molecular complexity index is 90.2. The predicted octanol–water partition coefficient (Wildman–Crippen LogP) is 4.60. The molecule has 1 atom stereocenters. The van der Waals surface area contributed by atoms with Crippen molar-refractivity contribution < 1.29 is 0 Å². The lowest BCUT2D eigenvalue weighted by atomic mass is 9.80. The van der Waals surface area contributed by atoms with Crippen molar-refractivity contribution in [3.63, 3.8) is 0 Å². The first kappa shape index (κ1) is 12.0. The number of unbranched alkanes of at least 4 members (excludes halogenated alkanes) is 3. The molecule has 0 nitrogen and oxygen atoms in total. The molecule has 0 N–H and O–H groups in total. The Balaban J connectivity index is 3.45. The monoisotopic (exact) mass is 169 g/mol. The van der Waals surface area contributed by atoms with Crippen LogP contribution in [0.3, 0.4) is 0 Å². The van der Waals surface area contributed by atoms with Crippen LogP contribution >= 0.6 is 0 Å². The van der Waals surface area contributed by atoms with E-state index in [0.717, 1.165) is 6.42 Å². The molecule has 0 amide bonds. The molecule has 0 aliphatic heterocycles. The Morgan fingerprint density at radius 2 is 1.75 bits per heavy atom. The molecule has 12 heavy (non-hydrogen) atoms. The summed E-state index contributed by atoms with van der Waals surface area (Å²) in [5.41, 5.74) is 0.522. The third kappa shape index (κ3) is 4.79. The fourth-order valence-electron chi connectivity index (χ4n) is 1.46. The van der Waals surface area contributed by atoms with Gasteiger partial charge in [0.25, 0.3) is 0 Å². The van der Waals surface area contributed by atoms with E-state index in [4.69, 9.17) is 0 Å². The minimum Gasteiger partial charge on any atom is -0.0654 e. The van der Waals surface area contributed by atoms with Crippen molar-refractivity contribution in [1.29, 1.82) is 0 Å². The van der Waals surface area contributed by atoms with Gasteiger partial charge in [-0.3, -0.25) is 0 Å². The van der Waals surface area contributed by atoms with Crippen LogP contribution in [-0.2, 0) is 0 Å². The zero-order chi connectivity index (χ0) is 9.45. The highest BCUT2D eigenvalue weighted by Crippen LogP contribution is 2.31. The van der Waals surface area contributed by atoms with Gasteiger partial charge in [-0.2, -0.15) is 0 Å². The first-order chi connectivity index (χ1) is 5.68. The second-order valence-electron chi connectivity index (χ2n) is 4.22. The van der Waals surface area contributed by atoms with Gasteiger partial charge in [-0.05, 0) is 18.3 Å². The molecule has 0 aromatic heterocycles. The van der Waals surface area contributed by atoms with E-state index in [1.54, 1.807) is 0 Å². The van der Waals surface area contributed by atoms with Gasteiger partial charge in [0, 0.05) is 0 Å². The molecular weight excluding hydrogens is 144 g/mol. The molecule has 0 heterocycles. The lowest BCUT2D eigenvalue weighted by Gasteiger charge is -2.26. The quantitative estimate of drug-likeness (QED) is 0.489. The average Bonchev–Trinajstić information content (AvgIpc) is 2.12. The molecular formula is C12H25. The summed E-state index contributed by atoms with van der Waals surface area (Å²) in [7, 11) is 0. The van der Waals surface area contributed by atoms with Crippen molar-refractivity contribution in [3.8, 4) is 0 Å². The molecule has 0 aliphatic rings. The number of rotatable bonds is 7. The average molecular weight is 169 g/mol. The van der Waals surface area contributed by atoms with Crippen LogP contribution in [0.4, 0.5) is 0 Å². The van der Waals surface area contributed by atoms with Crippen LogP contribution in [0.1, 0.15) is 65.7 Å². The minimum atomic E-state index is 0.522. The van der Waals surface area contributed by atoms with Gasteiger partial charge in [0.1, 0.15) is 0 Å². The highest BCUT2D eigenvalue weighted by Gasteiger charge is 2.18. The van der Waals surface area contributed by atoms with Crippen LogP contribution in [0.15, 0.2) is 0 Å². The predicted molar refractivity (Wildman–Crippen MR) is 57.1 cm³/mol. The van der Waals surface area contributed by atoms with Gasteiger partial charge in [-0.15, -0.1) is 0 Å². The molecule has 1 radical (unpaired) electrons. The minimum absolute atomic E-state index is 0.522. The first-order valence-corrected chi connectivity index (χ1v) is 5.47. The zero-order valence-corrected chi connectivity index (χ0v) is 9.16.